The number of imide groups is 2. The number of rotatable bonds is 3. The number of hydrogen-bond donors (Lipinski definition) is 2. The lowest BCUT2D eigenvalue weighted by Crippen LogP contribution is -2.54. The number of anilines is 1. The van der Waals surface area contributed by atoms with E-state index >= 15 is 0 Å². The summed E-state index contributed by atoms with van der Waals surface area (Å²) in [6.45, 7) is 5.66. The van der Waals surface area contributed by atoms with Crippen LogP contribution in [0.2, 0.25) is 0 Å². The normalized spacial score (nSPS) is 27.6. The van der Waals surface area contributed by atoms with Crippen molar-refractivity contribution in [3.05, 3.63) is 29.3 Å². The zero-order valence-corrected chi connectivity index (χ0v) is 16.7. The van der Waals surface area contributed by atoms with Gasteiger partial charge in [-0.1, -0.05) is 6.07 Å². The van der Waals surface area contributed by atoms with Gasteiger partial charge in [0, 0.05) is 51.7 Å². The first-order valence-corrected chi connectivity index (χ1v) is 10.6. The Morgan fingerprint density at radius 1 is 0.933 bits per heavy atom. The summed E-state index contributed by atoms with van der Waals surface area (Å²) in [5.41, 5.74) is 1.49. The molecule has 3 saturated heterocycles. The summed E-state index contributed by atoms with van der Waals surface area (Å²) in [6.07, 6.45) is 1.30. The molecule has 0 bridgehead atoms. The minimum atomic E-state index is -0.935. The summed E-state index contributed by atoms with van der Waals surface area (Å²) in [4.78, 5) is 55.8. The molecule has 9 heteroatoms. The molecular weight excluding hydrogens is 386 g/mol. The lowest BCUT2D eigenvalue weighted by Gasteiger charge is -2.33. The first-order chi connectivity index (χ1) is 14.5. The highest BCUT2D eigenvalue weighted by Gasteiger charge is 2.46. The Morgan fingerprint density at radius 3 is 2.50 bits per heavy atom. The third-order valence-corrected chi connectivity index (χ3v) is 6.62. The number of nitrogens with zero attached hydrogens (tertiary/aromatic N) is 3. The summed E-state index contributed by atoms with van der Waals surface area (Å²) < 4.78 is 0. The smallest absolute Gasteiger partial charge is 0.264 e. The van der Waals surface area contributed by atoms with Crippen molar-refractivity contribution in [3.8, 4) is 0 Å². The fourth-order valence-corrected chi connectivity index (χ4v) is 5.07. The number of piperazine rings is 1. The molecule has 4 heterocycles. The summed E-state index contributed by atoms with van der Waals surface area (Å²) in [7, 11) is 0. The van der Waals surface area contributed by atoms with E-state index in [0.717, 1.165) is 56.3 Å². The number of fused-ring (bicyclic) bond motifs is 1. The zero-order valence-electron chi connectivity index (χ0n) is 16.7. The molecule has 0 aromatic heterocycles. The molecule has 9 nitrogen and oxygen atoms in total. The minimum Gasteiger partial charge on any atom is -0.369 e. The third kappa shape index (κ3) is 3.09. The molecule has 2 N–H and O–H groups in total. The van der Waals surface area contributed by atoms with Crippen LogP contribution in [0.1, 0.15) is 40.0 Å². The van der Waals surface area contributed by atoms with Gasteiger partial charge in [-0.3, -0.25) is 34.3 Å². The number of nitrogens with one attached hydrogen (secondary N) is 2. The molecule has 4 aliphatic rings. The maximum Gasteiger partial charge on any atom is 0.264 e. The number of carbonyl (C=O) groups is 4. The molecule has 0 saturated carbocycles. The number of amides is 4. The molecule has 4 amide bonds. The number of benzene rings is 1. The highest BCUT2D eigenvalue weighted by Crippen LogP contribution is 2.36. The van der Waals surface area contributed by atoms with Gasteiger partial charge in [0.25, 0.3) is 11.8 Å². The van der Waals surface area contributed by atoms with Gasteiger partial charge < -0.3 is 10.2 Å². The third-order valence-electron chi connectivity index (χ3n) is 6.62. The predicted octanol–water partition coefficient (Wildman–Crippen LogP) is -0.428. The van der Waals surface area contributed by atoms with Crippen molar-refractivity contribution < 1.29 is 19.2 Å². The molecule has 1 aromatic carbocycles. The Bertz CT molecular complexity index is 926. The van der Waals surface area contributed by atoms with Crippen molar-refractivity contribution in [1.29, 1.82) is 0 Å². The largest absolute Gasteiger partial charge is 0.369 e. The van der Waals surface area contributed by atoms with Crippen molar-refractivity contribution in [3.63, 3.8) is 0 Å². The van der Waals surface area contributed by atoms with Crippen LogP contribution in [0.4, 0.5) is 5.69 Å². The fraction of sp³-hybridized carbons (Fsp3) is 0.524. The van der Waals surface area contributed by atoms with Crippen LogP contribution < -0.4 is 15.5 Å². The molecule has 0 spiro atoms. The molecule has 1 aromatic rings. The maximum absolute atomic E-state index is 13.3. The van der Waals surface area contributed by atoms with Crippen LogP contribution in [0.3, 0.4) is 0 Å². The molecule has 5 rings (SSSR count). The average Bonchev–Trinajstić information content (AvgIpc) is 3.34. The highest BCUT2D eigenvalue weighted by atomic mass is 16.2. The lowest BCUT2D eigenvalue weighted by molar-refractivity contribution is -0.136. The van der Waals surface area contributed by atoms with E-state index in [0.29, 0.717) is 17.2 Å². The van der Waals surface area contributed by atoms with E-state index in [-0.39, 0.29) is 18.7 Å². The first-order valence-electron chi connectivity index (χ1n) is 10.6. The van der Waals surface area contributed by atoms with E-state index in [1.807, 2.05) is 6.07 Å². The Labute approximate surface area is 174 Å². The second kappa shape index (κ2) is 7.48. The van der Waals surface area contributed by atoms with Gasteiger partial charge in [0.05, 0.1) is 16.8 Å². The molecule has 30 heavy (non-hydrogen) atoms. The van der Waals surface area contributed by atoms with E-state index in [1.54, 1.807) is 12.1 Å². The van der Waals surface area contributed by atoms with Crippen molar-refractivity contribution in [1.82, 2.24) is 20.4 Å². The lowest BCUT2D eigenvalue weighted by atomic mass is 10.0. The predicted molar refractivity (Wildman–Crippen MR) is 108 cm³/mol. The Kier molecular flexibility index (Phi) is 4.79. The van der Waals surface area contributed by atoms with Crippen LogP contribution in [0.25, 0.3) is 0 Å². The van der Waals surface area contributed by atoms with E-state index in [9.17, 15) is 19.2 Å². The van der Waals surface area contributed by atoms with E-state index in [1.165, 1.54) is 0 Å². The van der Waals surface area contributed by atoms with Crippen LogP contribution in [0, 0.1) is 0 Å². The second-order valence-corrected chi connectivity index (χ2v) is 8.32. The van der Waals surface area contributed by atoms with Gasteiger partial charge in [0.2, 0.25) is 11.8 Å². The monoisotopic (exact) mass is 411 g/mol. The SMILES string of the molecule is O=C1CCC(N2C(=O)c3cccc(N4CCC(N5CCNCC5)C4)c3C2=O)C(=O)N1. The van der Waals surface area contributed by atoms with Crippen molar-refractivity contribution in [2.75, 3.05) is 44.2 Å². The standard InChI is InChI=1S/C21H25N5O4/c27-17-5-4-16(19(28)23-17)26-20(29)14-2-1-3-15(18(14)21(26)30)25-9-6-13(12-25)24-10-7-22-8-11-24/h1-3,13,16,22H,4-12H2,(H,23,27,28). The quantitative estimate of drug-likeness (QED) is 0.651. The van der Waals surface area contributed by atoms with E-state index in [4.69, 9.17) is 0 Å². The molecule has 158 valence electrons. The van der Waals surface area contributed by atoms with Gasteiger partial charge in [0.15, 0.2) is 0 Å². The maximum atomic E-state index is 13.3. The molecule has 0 radical (unpaired) electrons. The zero-order chi connectivity index (χ0) is 20.8. The number of piperidine rings is 1. The summed E-state index contributed by atoms with van der Waals surface area (Å²) in [5.74, 6) is -1.85. The Morgan fingerprint density at radius 2 is 1.73 bits per heavy atom. The van der Waals surface area contributed by atoms with Crippen molar-refractivity contribution in [2.45, 2.75) is 31.3 Å². The Balaban J connectivity index is 1.40. The van der Waals surface area contributed by atoms with E-state index < -0.39 is 23.8 Å². The van der Waals surface area contributed by atoms with Gasteiger partial charge in [-0.25, -0.2) is 0 Å². The van der Waals surface area contributed by atoms with Crippen LogP contribution in [-0.4, -0.2) is 84.8 Å². The molecule has 0 aliphatic carbocycles. The molecule has 2 unspecified atom stereocenters. The molecule has 3 fully saturated rings. The van der Waals surface area contributed by atoms with Crippen LogP contribution in [-0.2, 0) is 9.59 Å². The number of hydrogen-bond acceptors (Lipinski definition) is 7. The summed E-state index contributed by atoms with van der Waals surface area (Å²) in [6, 6.07) is 4.83. The first kappa shape index (κ1) is 19.2. The Hall–Kier alpha value is -2.78. The summed E-state index contributed by atoms with van der Waals surface area (Å²) >= 11 is 0. The molecule has 2 atom stereocenters. The second-order valence-electron chi connectivity index (χ2n) is 8.32. The average molecular weight is 411 g/mol. The highest BCUT2D eigenvalue weighted by molar-refractivity contribution is 6.25. The van der Waals surface area contributed by atoms with Gasteiger partial charge in [-0.2, -0.15) is 0 Å². The van der Waals surface area contributed by atoms with Gasteiger partial charge in [-0.15, -0.1) is 0 Å². The fourth-order valence-electron chi connectivity index (χ4n) is 5.07. The van der Waals surface area contributed by atoms with Crippen LogP contribution in [0.15, 0.2) is 18.2 Å². The van der Waals surface area contributed by atoms with Crippen LogP contribution >= 0.6 is 0 Å². The summed E-state index contributed by atoms with van der Waals surface area (Å²) in [5, 5.41) is 5.61. The van der Waals surface area contributed by atoms with Gasteiger partial charge >= 0.3 is 0 Å². The van der Waals surface area contributed by atoms with E-state index in [2.05, 4.69) is 20.4 Å². The van der Waals surface area contributed by atoms with Gasteiger partial charge in [-0.05, 0) is 25.0 Å². The molecule has 4 aliphatic heterocycles. The number of carbonyl (C=O) groups excluding carboxylic acids is 4. The minimum absolute atomic E-state index is 0.120. The van der Waals surface area contributed by atoms with Crippen LogP contribution in [0.5, 0.6) is 0 Å². The van der Waals surface area contributed by atoms with Gasteiger partial charge in [0.1, 0.15) is 6.04 Å². The topological polar surface area (TPSA) is 102 Å². The van der Waals surface area contributed by atoms with Crippen molar-refractivity contribution in [2.24, 2.45) is 0 Å². The van der Waals surface area contributed by atoms with Crippen molar-refractivity contribution >= 4 is 29.3 Å². The molecular formula is C21H25N5O4.